The molecule has 0 spiro atoms. The number of hydrogen-bond acceptors (Lipinski definition) is 1. The fraction of sp³-hybridized carbons (Fsp3) is 0.0400. The summed E-state index contributed by atoms with van der Waals surface area (Å²) in [5.74, 6) is 0. The molecule has 0 heterocycles. The van der Waals surface area contributed by atoms with Crippen molar-refractivity contribution in [3.8, 4) is 33.4 Å². The molecule has 0 unspecified atom stereocenters. The summed E-state index contributed by atoms with van der Waals surface area (Å²) in [5, 5.41) is 3.31. The summed E-state index contributed by atoms with van der Waals surface area (Å²) in [4.78, 5) is 0. The maximum absolute atomic E-state index is 6.24. The number of rotatable bonds is 3. The third-order valence-electron chi connectivity index (χ3n) is 5.19. The highest BCUT2D eigenvalue weighted by Crippen LogP contribution is 2.48. The average molecular weight is 369 g/mol. The van der Waals surface area contributed by atoms with Crippen molar-refractivity contribution in [2.24, 2.45) is 0 Å². The van der Waals surface area contributed by atoms with Crippen LogP contribution in [-0.2, 0) is 4.74 Å². The lowest BCUT2D eigenvalue weighted by molar-refractivity contribution is 0.341. The van der Waals surface area contributed by atoms with Crippen LogP contribution in [0.15, 0.2) is 79.1 Å². The molecule has 2 heteroatoms. The minimum atomic E-state index is 0.715. The number of methoxy groups -OCH3 is 1. The van der Waals surface area contributed by atoms with E-state index in [9.17, 15) is 0 Å². The molecule has 1 aliphatic rings. The Balaban J connectivity index is 1.80. The topological polar surface area (TPSA) is 9.23 Å². The van der Waals surface area contributed by atoms with Gasteiger partial charge in [-0.15, -0.1) is 0 Å². The molecule has 0 fully saturated rings. The van der Waals surface area contributed by atoms with Crippen LogP contribution in [0.1, 0.15) is 5.56 Å². The lowest BCUT2D eigenvalue weighted by Crippen LogP contribution is -1.86. The van der Waals surface area contributed by atoms with Crippen molar-refractivity contribution < 1.29 is 4.74 Å². The van der Waals surface area contributed by atoms with Gasteiger partial charge in [-0.05, 0) is 80.1 Å². The summed E-state index contributed by atoms with van der Waals surface area (Å²) >= 11 is 6.24. The van der Waals surface area contributed by atoms with Gasteiger partial charge in [-0.3, -0.25) is 0 Å². The van der Waals surface area contributed by atoms with Crippen molar-refractivity contribution in [1.82, 2.24) is 0 Å². The Hall–Kier alpha value is -3.03. The van der Waals surface area contributed by atoms with Crippen LogP contribution in [0.5, 0.6) is 0 Å². The Labute approximate surface area is 163 Å². The van der Waals surface area contributed by atoms with Crippen molar-refractivity contribution in [3.05, 3.63) is 89.6 Å². The van der Waals surface area contributed by atoms with Crippen LogP contribution >= 0.6 is 11.6 Å². The van der Waals surface area contributed by atoms with Gasteiger partial charge >= 0.3 is 0 Å². The number of fused-ring (bicyclic) bond motifs is 3. The molecule has 5 rings (SSSR count). The molecule has 130 valence electrons. The van der Waals surface area contributed by atoms with Gasteiger partial charge in [0, 0.05) is 5.02 Å². The van der Waals surface area contributed by atoms with Gasteiger partial charge in [0.2, 0.25) is 0 Å². The third kappa shape index (κ3) is 2.55. The maximum Gasteiger partial charge on any atom is 0.0830 e. The monoisotopic (exact) mass is 368 g/mol. The first-order chi connectivity index (χ1) is 13.3. The molecule has 0 aliphatic heterocycles. The number of benzene rings is 4. The molecular formula is C25H17ClO. The minimum Gasteiger partial charge on any atom is -0.504 e. The Morgan fingerprint density at radius 2 is 1.52 bits per heavy atom. The smallest absolute Gasteiger partial charge is 0.0830 e. The second kappa shape index (κ2) is 6.29. The zero-order valence-corrected chi connectivity index (χ0v) is 15.6. The fourth-order valence-electron chi connectivity index (χ4n) is 4.05. The van der Waals surface area contributed by atoms with Crippen LogP contribution < -0.4 is 0 Å². The van der Waals surface area contributed by atoms with Gasteiger partial charge in [0.1, 0.15) is 0 Å². The zero-order chi connectivity index (χ0) is 18.4. The van der Waals surface area contributed by atoms with E-state index in [1.807, 2.05) is 18.2 Å². The van der Waals surface area contributed by atoms with E-state index in [0.717, 1.165) is 11.1 Å². The Bertz CT molecular complexity index is 1220. The van der Waals surface area contributed by atoms with Crippen molar-refractivity contribution in [2.45, 2.75) is 0 Å². The number of ether oxygens (including phenoxy) is 1. The second-order valence-electron chi connectivity index (χ2n) is 6.74. The van der Waals surface area contributed by atoms with Gasteiger partial charge < -0.3 is 4.74 Å². The van der Waals surface area contributed by atoms with E-state index in [1.54, 1.807) is 13.4 Å². The van der Waals surface area contributed by atoms with E-state index in [-0.39, 0.29) is 0 Å². The summed E-state index contributed by atoms with van der Waals surface area (Å²) in [5.41, 5.74) is 8.59. The van der Waals surface area contributed by atoms with Crippen molar-refractivity contribution in [2.75, 3.05) is 7.11 Å². The highest BCUT2D eigenvalue weighted by Gasteiger charge is 2.21. The predicted molar refractivity (Wildman–Crippen MR) is 115 cm³/mol. The largest absolute Gasteiger partial charge is 0.504 e. The van der Waals surface area contributed by atoms with E-state index in [1.165, 1.54) is 38.6 Å². The standard InChI is InChI=1S/C25H17ClO/c1-27-12-11-16-14-19(26)9-10-20(16)18-13-17-5-4-8-23-21-6-2-3-7-22(21)24(15-18)25(17)23/h2-15H,1H3. The summed E-state index contributed by atoms with van der Waals surface area (Å²) in [6.45, 7) is 0. The molecule has 4 aromatic carbocycles. The lowest BCUT2D eigenvalue weighted by atomic mass is 9.93. The summed E-state index contributed by atoms with van der Waals surface area (Å²) in [6.07, 6.45) is 3.64. The molecule has 0 aromatic heterocycles. The molecule has 0 saturated carbocycles. The first-order valence-corrected chi connectivity index (χ1v) is 9.30. The van der Waals surface area contributed by atoms with Gasteiger partial charge in [-0.25, -0.2) is 0 Å². The highest BCUT2D eigenvalue weighted by atomic mass is 35.5. The molecule has 0 amide bonds. The maximum atomic E-state index is 6.24. The van der Waals surface area contributed by atoms with Crippen LogP contribution in [-0.4, -0.2) is 7.11 Å². The van der Waals surface area contributed by atoms with Crippen molar-refractivity contribution in [3.63, 3.8) is 0 Å². The second-order valence-corrected chi connectivity index (χ2v) is 7.18. The Morgan fingerprint density at radius 3 is 2.33 bits per heavy atom. The number of halogens is 1. The first-order valence-electron chi connectivity index (χ1n) is 8.92. The predicted octanol–water partition coefficient (Wildman–Crippen LogP) is 7.42. The highest BCUT2D eigenvalue weighted by molar-refractivity contribution is 6.30. The number of hydrogen-bond donors (Lipinski definition) is 0. The van der Waals surface area contributed by atoms with Crippen LogP contribution in [0, 0.1) is 0 Å². The first kappa shape index (κ1) is 16.2. The summed E-state index contributed by atoms with van der Waals surface area (Å²) < 4.78 is 5.12. The van der Waals surface area contributed by atoms with Gasteiger partial charge in [0.05, 0.1) is 13.4 Å². The molecule has 0 saturated heterocycles. The summed E-state index contributed by atoms with van der Waals surface area (Å²) in [6, 6.07) is 25.7. The molecule has 0 atom stereocenters. The van der Waals surface area contributed by atoms with E-state index < -0.39 is 0 Å². The quantitative estimate of drug-likeness (QED) is 0.301. The normalized spacial score (nSPS) is 11.9. The Kier molecular flexibility index (Phi) is 3.77. The van der Waals surface area contributed by atoms with Crippen LogP contribution in [0.4, 0.5) is 0 Å². The molecule has 1 nitrogen and oxygen atoms in total. The SMILES string of the molecule is COC=Cc1cc(Cl)ccc1-c1cc2c3c(cccc3c1)-c1ccccc1-2. The van der Waals surface area contributed by atoms with Crippen molar-refractivity contribution in [1.29, 1.82) is 0 Å². The fourth-order valence-corrected chi connectivity index (χ4v) is 4.23. The van der Waals surface area contributed by atoms with Crippen LogP contribution in [0.2, 0.25) is 5.02 Å². The molecule has 0 bridgehead atoms. The zero-order valence-electron chi connectivity index (χ0n) is 14.9. The molecular weight excluding hydrogens is 352 g/mol. The van der Waals surface area contributed by atoms with Gasteiger partial charge in [-0.1, -0.05) is 60.1 Å². The van der Waals surface area contributed by atoms with E-state index in [2.05, 4.69) is 60.7 Å². The molecule has 0 N–H and O–H groups in total. The van der Waals surface area contributed by atoms with E-state index in [0.29, 0.717) is 5.02 Å². The lowest BCUT2D eigenvalue weighted by Gasteiger charge is -2.11. The molecule has 4 aromatic rings. The van der Waals surface area contributed by atoms with Gasteiger partial charge in [-0.2, -0.15) is 0 Å². The van der Waals surface area contributed by atoms with Gasteiger partial charge in [0.15, 0.2) is 0 Å². The van der Waals surface area contributed by atoms with Gasteiger partial charge in [0.25, 0.3) is 0 Å². The van der Waals surface area contributed by atoms with E-state index in [4.69, 9.17) is 16.3 Å². The van der Waals surface area contributed by atoms with Crippen LogP contribution in [0.25, 0.3) is 50.2 Å². The molecule has 27 heavy (non-hydrogen) atoms. The summed E-state index contributed by atoms with van der Waals surface area (Å²) in [7, 11) is 1.65. The minimum absolute atomic E-state index is 0.715. The van der Waals surface area contributed by atoms with E-state index >= 15 is 0 Å². The van der Waals surface area contributed by atoms with Crippen molar-refractivity contribution >= 4 is 28.4 Å². The molecule has 1 aliphatic carbocycles. The Morgan fingerprint density at radius 1 is 0.741 bits per heavy atom. The average Bonchev–Trinajstić information content (AvgIpc) is 3.02. The molecule has 0 radical (unpaired) electrons. The third-order valence-corrected chi connectivity index (χ3v) is 5.43. The van der Waals surface area contributed by atoms with Crippen LogP contribution in [0.3, 0.4) is 0 Å².